The van der Waals surface area contributed by atoms with E-state index in [-0.39, 0.29) is 0 Å². The van der Waals surface area contributed by atoms with Crippen molar-refractivity contribution in [1.29, 1.82) is 0 Å². The molecule has 8 aromatic rings. The van der Waals surface area contributed by atoms with Crippen LogP contribution < -0.4 is 0 Å². The Balaban J connectivity index is -0.0000000397. The van der Waals surface area contributed by atoms with Gasteiger partial charge >= 0.3 is 0 Å². The molecule has 0 saturated carbocycles. The van der Waals surface area contributed by atoms with Gasteiger partial charge in [0.15, 0.2) is 0 Å². The van der Waals surface area contributed by atoms with Crippen molar-refractivity contribution < 1.29 is 76.6 Å². The lowest BCUT2D eigenvalue weighted by atomic mass is 10.2. The highest BCUT2D eigenvalue weighted by Gasteiger charge is 1.76. The molecular formula is C77H142O15. The molecule has 0 aliphatic rings. The number of rotatable bonds is 0. The Morgan fingerprint density at radius 1 is 0.109 bits per heavy atom. The summed E-state index contributed by atoms with van der Waals surface area (Å²) in [5.74, 6) is 0. The summed E-state index contributed by atoms with van der Waals surface area (Å²) < 4.78 is 0. The molecule has 8 aromatic carbocycles. The molecule has 92 heavy (non-hydrogen) atoms. The third kappa shape index (κ3) is 172. The second-order valence-corrected chi connectivity index (χ2v) is 13.2. The lowest BCUT2D eigenvalue weighted by Crippen LogP contribution is -1.62. The maximum absolute atomic E-state index is 7.00. The second-order valence-electron chi connectivity index (χ2n) is 13.2. The average molecular weight is 1310 g/mol. The summed E-state index contributed by atoms with van der Waals surface area (Å²) in [5, 5.41) is 105. The predicted molar refractivity (Wildman–Crippen MR) is 406 cm³/mol. The molecule has 0 unspecified atom stereocenters. The molecule has 0 amide bonds. The van der Waals surface area contributed by atoms with Crippen LogP contribution in [-0.2, 0) is 0 Å². The van der Waals surface area contributed by atoms with Gasteiger partial charge in [-0.2, -0.15) is 0 Å². The molecule has 8 rings (SSSR count). The molecule has 540 valence electrons. The smallest absolute Gasteiger partial charge is 0.0319 e. The van der Waals surface area contributed by atoms with Crippen LogP contribution in [-0.4, -0.2) is 183 Å². The summed E-state index contributed by atoms with van der Waals surface area (Å²) in [6.07, 6.45) is 0. The quantitative estimate of drug-likeness (QED) is 0.0671. The number of aryl methyl sites for hydroxylation is 8. The topological polar surface area (TPSA) is 303 Å². The van der Waals surface area contributed by atoms with E-state index in [1.165, 1.54) is 44.5 Å². The van der Waals surface area contributed by atoms with Crippen LogP contribution in [0.25, 0.3) is 0 Å². The van der Waals surface area contributed by atoms with Gasteiger partial charge in [-0.05, 0) is 55.4 Å². The molecule has 0 radical (unpaired) electrons. The molecule has 0 aromatic heterocycles. The van der Waals surface area contributed by atoms with E-state index in [0.29, 0.717) is 0 Å². The van der Waals surface area contributed by atoms with Crippen LogP contribution in [0, 0.1) is 55.4 Å². The monoisotopic (exact) mass is 1310 g/mol. The third-order valence-corrected chi connectivity index (χ3v) is 7.52. The molecule has 15 nitrogen and oxygen atoms in total. The van der Waals surface area contributed by atoms with Gasteiger partial charge in [-0.25, -0.2) is 0 Å². The van der Waals surface area contributed by atoms with E-state index in [1.807, 2.05) is 187 Å². The first kappa shape index (κ1) is 134. The highest BCUT2D eigenvalue weighted by atomic mass is 16.3. The van der Waals surface area contributed by atoms with Gasteiger partial charge in [0.25, 0.3) is 0 Å². The van der Waals surface area contributed by atoms with E-state index in [9.17, 15) is 0 Å². The third-order valence-electron chi connectivity index (χ3n) is 7.52. The molecule has 0 aliphatic heterocycles. The summed E-state index contributed by atoms with van der Waals surface area (Å²) in [4.78, 5) is 0. The molecule has 0 spiro atoms. The fourth-order valence-electron chi connectivity index (χ4n) is 4.28. The standard InChI is InChI=1S/8C7H8.3C2H6.15CH4O/c8*1-7-5-3-2-4-6-7;18*1-2/h8*2-6H,1H3;3*1-2H3;15*2H,1H3. The number of aliphatic hydroxyl groups excluding tert-OH is 15. The Morgan fingerprint density at radius 3 is 0.174 bits per heavy atom. The van der Waals surface area contributed by atoms with Crippen LogP contribution in [0.2, 0.25) is 0 Å². The van der Waals surface area contributed by atoms with E-state index >= 15 is 0 Å². The molecule has 0 bridgehead atoms. The summed E-state index contributed by atoms with van der Waals surface area (Å²) in [6, 6.07) is 82.1. The first-order chi connectivity index (χ1) is 45.2. The Morgan fingerprint density at radius 2 is 0.152 bits per heavy atom. The molecule has 0 saturated heterocycles. The zero-order valence-electron chi connectivity index (χ0n) is 62.8. The highest BCUT2D eigenvalue weighted by Crippen LogP contribution is 1.97. The van der Waals surface area contributed by atoms with Crippen molar-refractivity contribution >= 4 is 0 Å². The Labute approximate surface area is 564 Å². The van der Waals surface area contributed by atoms with Crippen molar-refractivity contribution in [3.8, 4) is 0 Å². The van der Waals surface area contributed by atoms with Crippen LogP contribution >= 0.6 is 0 Å². The minimum absolute atomic E-state index is 1.00. The van der Waals surface area contributed by atoms with E-state index in [1.54, 1.807) is 0 Å². The van der Waals surface area contributed by atoms with Crippen molar-refractivity contribution in [3.63, 3.8) is 0 Å². The van der Waals surface area contributed by atoms with E-state index in [4.69, 9.17) is 76.6 Å². The Bertz CT molecular complexity index is 1550. The first-order valence-corrected chi connectivity index (χ1v) is 29.0. The summed E-state index contributed by atoms with van der Waals surface area (Å²) in [5.41, 5.74) is 10.6. The minimum Gasteiger partial charge on any atom is -0.400 e. The van der Waals surface area contributed by atoms with Crippen molar-refractivity contribution in [2.45, 2.75) is 96.9 Å². The normalized spacial score (nSPS) is 6.48. The fourth-order valence-corrected chi connectivity index (χ4v) is 4.28. The zero-order chi connectivity index (χ0) is 76.9. The van der Waals surface area contributed by atoms with Gasteiger partial charge in [0.2, 0.25) is 0 Å². The maximum Gasteiger partial charge on any atom is 0.0319 e. The molecule has 0 fully saturated rings. The van der Waals surface area contributed by atoms with Crippen molar-refractivity contribution in [3.05, 3.63) is 287 Å². The lowest BCUT2D eigenvalue weighted by Gasteiger charge is -1.82. The number of aliphatic hydroxyl groups is 15. The first-order valence-electron chi connectivity index (χ1n) is 29.0. The second kappa shape index (κ2) is 178. The SMILES string of the molecule is CC.CC.CC.CO.CO.CO.CO.CO.CO.CO.CO.CO.CO.CO.CO.CO.CO.CO.Cc1ccccc1.Cc1ccccc1.Cc1ccccc1.Cc1ccccc1.Cc1ccccc1.Cc1ccccc1.Cc1ccccc1.Cc1ccccc1. The molecule has 0 heterocycles. The van der Waals surface area contributed by atoms with Crippen molar-refractivity contribution in [2.75, 3.05) is 107 Å². The van der Waals surface area contributed by atoms with Gasteiger partial charge in [0.1, 0.15) is 0 Å². The number of benzene rings is 8. The van der Waals surface area contributed by atoms with Gasteiger partial charge in [0.05, 0.1) is 0 Å². The van der Waals surface area contributed by atoms with E-state index in [2.05, 4.69) is 152 Å². The van der Waals surface area contributed by atoms with Gasteiger partial charge in [-0.1, -0.05) is 329 Å². The largest absolute Gasteiger partial charge is 0.400 e. The number of hydrogen-bond acceptors (Lipinski definition) is 15. The Kier molecular flexibility index (Phi) is 259. The lowest BCUT2D eigenvalue weighted by molar-refractivity contribution is 0.399. The van der Waals surface area contributed by atoms with Gasteiger partial charge < -0.3 is 76.6 Å². The highest BCUT2D eigenvalue weighted by molar-refractivity contribution is 5.16. The maximum atomic E-state index is 7.00. The van der Waals surface area contributed by atoms with Gasteiger partial charge in [-0.3, -0.25) is 0 Å². The van der Waals surface area contributed by atoms with Crippen LogP contribution in [0.5, 0.6) is 0 Å². The molecular weight excluding hydrogens is 1160 g/mol. The fraction of sp³-hybridized carbons (Fsp3) is 0.377. The van der Waals surface area contributed by atoms with Crippen molar-refractivity contribution in [1.82, 2.24) is 0 Å². The van der Waals surface area contributed by atoms with Gasteiger partial charge in [0, 0.05) is 107 Å². The van der Waals surface area contributed by atoms with Crippen LogP contribution in [0.1, 0.15) is 86.1 Å². The van der Waals surface area contributed by atoms with Gasteiger partial charge in [-0.15, -0.1) is 0 Å². The van der Waals surface area contributed by atoms with E-state index < -0.39 is 0 Å². The van der Waals surface area contributed by atoms with Crippen LogP contribution in [0.15, 0.2) is 243 Å². The van der Waals surface area contributed by atoms with Crippen molar-refractivity contribution in [2.24, 2.45) is 0 Å². The molecule has 15 heteroatoms. The predicted octanol–water partition coefficient (Wildman–Crippen LogP) is 13.2. The Hall–Kier alpha value is -6.84. The minimum atomic E-state index is 1.00. The molecule has 0 aliphatic carbocycles. The van der Waals surface area contributed by atoms with E-state index in [0.717, 1.165) is 107 Å². The number of hydrogen-bond donors (Lipinski definition) is 15. The summed E-state index contributed by atoms with van der Waals surface area (Å²) in [6.45, 7) is 28.7. The zero-order valence-corrected chi connectivity index (χ0v) is 62.8. The van der Waals surface area contributed by atoms with Crippen LogP contribution in [0.3, 0.4) is 0 Å². The molecule has 15 N–H and O–H groups in total. The molecule has 0 atom stereocenters. The average Bonchev–Trinajstić information content (AvgIpc) is 3.69. The summed E-state index contributed by atoms with van der Waals surface area (Å²) >= 11 is 0. The van der Waals surface area contributed by atoms with Crippen LogP contribution in [0.4, 0.5) is 0 Å². The summed E-state index contributed by atoms with van der Waals surface area (Å²) in [7, 11) is 15.0.